The van der Waals surface area contributed by atoms with Crippen molar-refractivity contribution in [1.29, 1.82) is 0 Å². The van der Waals surface area contributed by atoms with E-state index in [-0.39, 0.29) is 0 Å². The topological polar surface area (TPSA) is 78.0 Å². The van der Waals surface area contributed by atoms with Gasteiger partial charge in [-0.15, -0.1) is 0 Å². The lowest BCUT2D eigenvalue weighted by Crippen LogP contribution is -2.37. The Balaban J connectivity index is 1.77. The standard InChI is InChI=1S/C16H24N6/c1-3-17-16(20-12-15-8-4-5-9-18-15)19-10-6-7-14-11-21-22-13(14)2/h4-5,8-9,11H,3,6-7,10,12H2,1-2H3,(H,21,22)(H2,17,19,20). The van der Waals surface area contributed by atoms with Gasteiger partial charge < -0.3 is 10.6 Å². The van der Waals surface area contributed by atoms with E-state index in [9.17, 15) is 0 Å². The summed E-state index contributed by atoms with van der Waals surface area (Å²) in [5.74, 6) is 0.831. The first-order valence-electron chi connectivity index (χ1n) is 7.70. The molecule has 0 aliphatic carbocycles. The fraction of sp³-hybridized carbons (Fsp3) is 0.438. The number of hydrogen-bond donors (Lipinski definition) is 3. The van der Waals surface area contributed by atoms with Gasteiger partial charge in [0.1, 0.15) is 0 Å². The molecule has 2 aromatic rings. The maximum Gasteiger partial charge on any atom is 0.191 e. The molecule has 0 spiro atoms. The molecular formula is C16H24N6. The highest BCUT2D eigenvalue weighted by atomic mass is 15.2. The molecule has 2 rings (SSSR count). The number of aliphatic imine (C=N–C) groups is 1. The van der Waals surface area contributed by atoms with Crippen LogP contribution in [0.2, 0.25) is 0 Å². The van der Waals surface area contributed by atoms with Gasteiger partial charge in [0.15, 0.2) is 5.96 Å². The van der Waals surface area contributed by atoms with E-state index in [4.69, 9.17) is 0 Å². The SMILES string of the molecule is CCNC(=NCc1ccccn1)NCCCc1cn[nH]c1C. The van der Waals surface area contributed by atoms with E-state index >= 15 is 0 Å². The van der Waals surface area contributed by atoms with Crippen LogP contribution in [0.3, 0.4) is 0 Å². The molecular weight excluding hydrogens is 276 g/mol. The second kappa shape index (κ2) is 8.81. The fourth-order valence-electron chi connectivity index (χ4n) is 2.11. The van der Waals surface area contributed by atoms with E-state index in [0.29, 0.717) is 6.54 Å². The van der Waals surface area contributed by atoms with Crippen LogP contribution in [0.15, 0.2) is 35.6 Å². The first kappa shape index (κ1) is 16.0. The van der Waals surface area contributed by atoms with Crippen molar-refractivity contribution in [1.82, 2.24) is 25.8 Å². The summed E-state index contributed by atoms with van der Waals surface area (Å²) in [6, 6.07) is 5.87. The lowest BCUT2D eigenvalue weighted by molar-refractivity contribution is 0.741. The number of H-pyrrole nitrogens is 1. The van der Waals surface area contributed by atoms with E-state index in [1.165, 1.54) is 5.56 Å². The first-order chi connectivity index (χ1) is 10.8. The minimum Gasteiger partial charge on any atom is -0.357 e. The van der Waals surface area contributed by atoms with Crippen molar-refractivity contribution in [3.63, 3.8) is 0 Å². The van der Waals surface area contributed by atoms with E-state index in [2.05, 4.69) is 37.7 Å². The Kier molecular flexibility index (Phi) is 6.41. The van der Waals surface area contributed by atoms with Gasteiger partial charge in [-0.25, -0.2) is 4.99 Å². The largest absolute Gasteiger partial charge is 0.357 e. The third-order valence-corrected chi connectivity index (χ3v) is 3.32. The Morgan fingerprint density at radius 3 is 2.91 bits per heavy atom. The highest BCUT2D eigenvalue weighted by Crippen LogP contribution is 2.05. The Morgan fingerprint density at radius 2 is 2.23 bits per heavy atom. The molecule has 0 aliphatic heterocycles. The molecule has 0 saturated heterocycles. The van der Waals surface area contributed by atoms with Crippen molar-refractivity contribution in [3.05, 3.63) is 47.5 Å². The third-order valence-electron chi connectivity index (χ3n) is 3.32. The summed E-state index contributed by atoms with van der Waals surface area (Å²) in [4.78, 5) is 8.83. The van der Waals surface area contributed by atoms with Gasteiger partial charge in [0.2, 0.25) is 0 Å². The molecule has 0 fully saturated rings. The molecule has 2 aromatic heterocycles. The summed E-state index contributed by atoms with van der Waals surface area (Å²) < 4.78 is 0. The van der Waals surface area contributed by atoms with E-state index in [0.717, 1.165) is 43.3 Å². The van der Waals surface area contributed by atoms with Gasteiger partial charge in [-0.2, -0.15) is 5.10 Å². The minimum absolute atomic E-state index is 0.580. The average molecular weight is 300 g/mol. The molecule has 0 amide bonds. The Morgan fingerprint density at radius 1 is 1.32 bits per heavy atom. The number of aromatic nitrogens is 3. The maximum absolute atomic E-state index is 4.55. The van der Waals surface area contributed by atoms with Gasteiger partial charge in [-0.1, -0.05) is 6.07 Å². The van der Waals surface area contributed by atoms with Crippen molar-refractivity contribution >= 4 is 5.96 Å². The van der Waals surface area contributed by atoms with Gasteiger partial charge in [-0.3, -0.25) is 10.1 Å². The predicted octanol–water partition coefficient (Wildman–Crippen LogP) is 1.80. The monoisotopic (exact) mass is 300 g/mol. The summed E-state index contributed by atoms with van der Waals surface area (Å²) in [6.45, 7) is 6.41. The molecule has 0 saturated carbocycles. The molecule has 6 nitrogen and oxygen atoms in total. The zero-order valence-corrected chi connectivity index (χ0v) is 13.3. The quantitative estimate of drug-likeness (QED) is 0.414. The Hall–Kier alpha value is -2.37. The number of aromatic amines is 1. The molecule has 2 heterocycles. The molecule has 6 heteroatoms. The third kappa shape index (κ3) is 5.20. The van der Waals surface area contributed by atoms with E-state index in [1.54, 1.807) is 6.20 Å². The number of hydrogen-bond acceptors (Lipinski definition) is 3. The number of nitrogens with one attached hydrogen (secondary N) is 3. The van der Waals surface area contributed by atoms with Crippen molar-refractivity contribution in [2.45, 2.75) is 33.2 Å². The summed E-state index contributed by atoms with van der Waals surface area (Å²) >= 11 is 0. The molecule has 22 heavy (non-hydrogen) atoms. The molecule has 0 aromatic carbocycles. The summed E-state index contributed by atoms with van der Waals surface area (Å²) in [7, 11) is 0. The van der Waals surface area contributed by atoms with Crippen LogP contribution in [0.5, 0.6) is 0 Å². The Bertz CT molecular complexity index is 575. The van der Waals surface area contributed by atoms with Crippen LogP contribution in [0.4, 0.5) is 0 Å². The second-order valence-electron chi connectivity index (χ2n) is 5.07. The smallest absolute Gasteiger partial charge is 0.191 e. The molecule has 0 radical (unpaired) electrons. The highest BCUT2D eigenvalue weighted by molar-refractivity contribution is 5.79. The van der Waals surface area contributed by atoms with E-state index < -0.39 is 0 Å². The van der Waals surface area contributed by atoms with Gasteiger partial charge in [0.05, 0.1) is 18.4 Å². The van der Waals surface area contributed by atoms with Crippen molar-refractivity contribution in [2.75, 3.05) is 13.1 Å². The number of aryl methyl sites for hydroxylation is 2. The number of nitrogens with zero attached hydrogens (tertiary/aromatic N) is 3. The van der Waals surface area contributed by atoms with Crippen LogP contribution in [0.1, 0.15) is 30.3 Å². The van der Waals surface area contributed by atoms with Crippen molar-refractivity contribution in [2.24, 2.45) is 4.99 Å². The van der Waals surface area contributed by atoms with Gasteiger partial charge in [-0.05, 0) is 44.4 Å². The van der Waals surface area contributed by atoms with Crippen LogP contribution < -0.4 is 10.6 Å². The molecule has 0 unspecified atom stereocenters. The fourth-order valence-corrected chi connectivity index (χ4v) is 2.11. The van der Waals surface area contributed by atoms with Crippen molar-refractivity contribution in [3.8, 4) is 0 Å². The average Bonchev–Trinajstić information content (AvgIpc) is 2.95. The predicted molar refractivity (Wildman–Crippen MR) is 88.7 cm³/mol. The summed E-state index contributed by atoms with van der Waals surface area (Å²) in [6.07, 6.45) is 5.73. The Labute approximate surface area is 131 Å². The molecule has 0 atom stereocenters. The zero-order valence-electron chi connectivity index (χ0n) is 13.3. The minimum atomic E-state index is 0.580. The van der Waals surface area contributed by atoms with E-state index in [1.807, 2.05) is 31.3 Å². The number of guanidine groups is 1. The normalized spacial score (nSPS) is 11.5. The highest BCUT2D eigenvalue weighted by Gasteiger charge is 2.01. The molecule has 0 bridgehead atoms. The molecule has 3 N–H and O–H groups in total. The summed E-state index contributed by atoms with van der Waals surface area (Å²) in [5, 5.41) is 13.6. The maximum atomic E-state index is 4.55. The summed E-state index contributed by atoms with van der Waals surface area (Å²) in [5.41, 5.74) is 3.39. The van der Waals surface area contributed by atoms with Crippen LogP contribution in [0, 0.1) is 6.92 Å². The number of pyridine rings is 1. The van der Waals surface area contributed by atoms with Gasteiger partial charge >= 0.3 is 0 Å². The molecule has 0 aliphatic rings. The number of rotatable bonds is 7. The van der Waals surface area contributed by atoms with Crippen LogP contribution in [-0.2, 0) is 13.0 Å². The van der Waals surface area contributed by atoms with Crippen LogP contribution in [-0.4, -0.2) is 34.2 Å². The van der Waals surface area contributed by atoms with Gasteiger partial charge in [0.25, 0.3) is 0 Å². The van der Waals surface area contributed by atoms with Crippen LogP contribution in [0.25, 0.3) is 0 Å². The van der Waals surface area contributed by atoms with Crippen LogP contribution >= 0.6 is 0 Å². The van der Waals surface area contributed by atoms with Gasteiger partial charge in [0, 0.05) is 25.0 Å². The second-order valence-corrected chi connectivity index (χ2v) is 5.07. The zero-order chi connectivity index (χ0) is 15.6. The molecule has 118 valence electrons. The first-order valence-corrected chi connectivity index (χ1v) is 7.70. The lowest BCUT2D eigenvalue weighted by Gasteiger charge is -2.11. The van der Waals surface area contributed by atoms with Crippen molar-refractivity contribution < 1.29 is 0 Å². The lowest BCUT2D eigenvalue weighted by atomic mass is 10.1.